The molecule has 0 spiro atoms. The van der Waals surface area contributed by atoms with E-state index in [-0.39, 0.29) is 47.0 Å². The molecule has 2 atom stereocenters. The first-order valence-corrected chi connectivity index (χ1v) is 12.0. The summed E-state index contributed by atoms with van der Waals surface area (Å²) in [6, 6.07) is -0.863. The third kappa shape index (κ3) is 5.28. The molecule has 2 fully saturated rings. The minimum atomic E-state index is -1.12. The molecule has 3 aliphatic rings. The van der Waals surface area contributed by atoms with Crippen LogP contribution in [0.15, 0.2) is 21.8 Å². The van der Waals surface area contributed by atoms with Crippen LogP contribution >= 0.6 is 23.1 Å². The van der Waals surface area contributed by atoms with E-state index in [1.165, 1.54) is 23.8 Å². The number of halogens is 2. The van der Waals surface area contributed by atoms with Gasteiger partial charge >= 0.3 is 5.97 Å². The molecule has 0 unspecified atom stereocenters. The van der Waals surface area contributed by atoms with E-state index in [1.807, 2.05) is 0 Å². The number of aliphatic carboxylic acids is 1. The Labute approximate surface area is 217 Å². The summed E-state index contributed by atoms with van der Waals surface area (Å²) in [6.07, 6.45) is 2.24. The Morgan fingerprint density at radius 1 is 1.38 bits per heavy atom. The number of nitrogens with zero attached hydrogens (tertiary/aromatic N) is 4. The number of quaternary nitrogens is 1. The van der Waals surface area contributed by atoms with Crippen LogP contribution in [0.25, 0.3) is 0 Å². The SMILES string of the molecule is CON=C(C(=O)N[C@@H]1C(=O)N2C(C(=O)O)=C(C[N+]3(C)CCCC3)CS[C@H]12)c1csc(N)n1.[Cl-].[Cl-]. The number of carboxylic acids is 1. The number of thioether (sulfide) groups is 1. The number of aromatic nitrogens is 1. The molecule has 0 bridgehead atoms. The lowest BCUT2D eigenvalue weighted by Crippen LogP contribution is -3.00. The van der Waals surface area contributed by atoms with E-state index in [1.54, 1.807) is 5.38 Å². The fraction of sp³-hybridized carbons (Fsp3) is 0.526. The monoisotopic (exact) mass is 551 g/mol. The van der Waals surface area contributed by atoms with Crippen molar-refractivity contribution in [2.24, 2.45) is 5.16 Å². The molecular weight excluding hydrogens is 527 g/mol. The summed E-state index contributed by atoms with van der Waals surface area (Å²) >= 11 is 2.61. The van der Waals surface area contributed by atoms with Crippen molar-refractivity contribution < 1.29 is 53.6 Å². The largest absolute Gasteiger partial charge is 1.00 e. The molecule has 15 heteroatoms. The normalized spacial score (nSPS) is 23.3. The lowest BCUT2D eigenvalue weighted by molar-refractivity contribution is -0.893. The van der Waals surface area contributed by atoms with Crippen LogP contribution in [0.4, 0.5) is 5.13 Å². The first kappa shape index (κ1) is 28.2. The second-order valence-corrected chi connectivity index (χ2v) is 10.2. The van der Waals surface area contributed by atoms with E-state index in [2.05, 4.69) is 22.5 Å². The van der Waals surface area contributed by atoms with Gasteiger partial charge in [-0.05, 0) is 0 Å². The highest BCUT2D eigenvalue weighted by atomic mass is 35.5. The minimum absolute atomic E-state index is 0. The maximum atomic E-state index is 12.9. The quantitative estimate of drug-likeness (QED) is 0.131. The average molecular weight is 552 g/mol. The zero-order chi connectivity index (χ0) is 23.0. The third-order valence-corrected chi connectivity index (χ3v) is 7.93. The van der Waals surface area contributed by atoms with Gasteiger partial charge in [0.05, 0.1) is 20.1 Å². The second kappa shape index (κ2) is 11.1. The van der Waals surface area contributed by atoms with Gasteiger partial charge in [0.25, 0.3) is 11.8 Å². The van der Waals surface area contributed by atoms with Crippen molar-refractivity contribution >= 4 is 51.7 Å². The van der Waals surface area contributed by atoms with Gasteiger partial charge in [-0.15, -0.1) is 23.1 Å². The smallest absolute Gasteiger partial charge is 0.352 e. The molecule has 0 radical (unpaired) electrons. The molecular formula is C19H25Cl2N6O5S2-. The van der Waals surface area contributed by atoms with Crippen molar-refractivity contribution in [2.45, 2.75) is 24.3 Å². The van der Waals surface area contributed by atoms with Crippen molar-refractivity contribution in [3.8, 4) is 0 Å². The van der Waals surface area contributed by atoms with E-state index in [9.17, 15) is 19.5 Å². The zero-order valence-electron chi connectivity index (χ0n) is 18.5. The Kier molecular flexibility index (Phi) is 9.22. The molecule has 0 saturated carbocycles. The van der Waals surface area contributed by atoms with E-state index < -0.39 is 29.2 Å². The number of amides is 2. The molecule has 188 valence electrons. The summed E-state index contributed by atoms with van der Waals surface area (Å²) in [7, 11) is 3.42. The number of carbonyl (C=O) groups excluding carboxylic acids is 2. The lowest BCUT2D eigenvalue weighted by atomic mass is 10.0. The van der Waals surface area contributed by atoms with Gasteiger partial charge in [0.2, 0.25) is 0 Å². The fourth-order valence-electron chi connectivity index (χ4n) is 4.42. The van der Waals surface area contributed by atoms with Crippen molar-refractivity contribution in [2.75, 3.05) is 45.3 Å². The number of nitrogens with two attached hydrogens (primary N) is 1. The summed E-state index contributed by atoms with van der Waals surface area (Å²) < 4.78 is 0.785. The number of nitrogen functional groups attached to an aromatic ring is 1. The van der Waals surface area contributed by atoms with Crippen LogP contribution in [0.5, 0.6) is 0 Å². The number of hydrogen-bond donors (Lipinski definition) is 3. The van der Waals surface area contributed by atoms with Gasteiger partial charge in [-0.3, -0.25) is 14.5 Å². The molecule has 1 aromatic rings. The Morgan fingerprint density at radius 2 is 2.06 bits per heavy atom. The fourth-order valence-corrected chi connectivity index (χ4v) is 6.31. The number of nitrogens with one attached hydrogen (secondary N) is 1. The molecule has 3 aliphatic heterocycles. The Balaban J connectivity index is 0.00000204. The number of fused-ring (bicyclic) bond motifs is 1. The van der Waals surface area contributed by atoms with Gasteiger partial charge in [0, 0.05) is 29.5 Å². The molecule has 0 aromatic carbocycles. The van der Waals surface area contributed by atoms with Gasteiger partial charge in [-0.2, -0.15) is 0 Å². The highest BCUT2D eigenvalue weighted by molar-refractivity contribution is 8.00. The summed E-state index contributed by atoms with van der Waals surface area (Å²) in [5.41, 5.74) is 6.59. The summed E-state index contributed by atoms with van der Waals surface area (Å²) in [6.45, 7) is 2.61. The van der Waals surface area contributed by atoms with Crippen molar-refractivity contribution in [1.29, 1.82) is 0 Å². The van der Waals surface area contributed by atoms with Crippen LogP contribution in [0.2, 0.25) is 0 Å². The summed E-state index contributed by atoms with van der Waals surface area (Å²) in [4.78, 5) is 47.9. The summed E-state index contributed by atoms with van der Waals surface area (Å²) in [5, 5.41) is 17.6. The first-order valence-electron chi connectivity index (χ1n) is 10.1. The maximum Gasteiger partial charge on any atom is 0.352 e. The topological polar surface area (TPSA) is 147 Å². The first-order chi connectivity index (χ1) is 15.2. The van der Waals surface area contributed by atoms with Gasteiger partial charge in [0.1, 0.15) is 36.5 Å². The van der Waals surface area contributed by atoms with Crippen LogP contribution in [-0.2, 0) is 19.2 Å². The van der Waals surface area contributed by atoms with Gasteiger partial charge in [-0.25, -0.2) is 9.78 Å². The molecule has 1 aromatic heterocycles. The van der Waals surface area contributed by atoms with E-state index in [0.717, 1.165) is 47.3 Å². The molecule has 4 N–H and O–H groups in total. The van der Waals surface area contributed by atoms with E-state index in [4.69, 9.17) is 10.6 Å². The number of thiazole rings is 1. The molecule has 2 amide bonds. The third-order valence-electron chi connectivity index (χ3n) is 5.92. The number of β-lactam (4-membered cyclic amide) rings is 1. The number of oxime groups is 1. The molecule has 4 rings (SSSR count). The predicted molar refractivity (Wildman–Crippen MR) is 120 cm³/mol. The van der Waals surface area contributed by atoms with Crippen LogP contribution in [0.3, 0.4) is 0 Å². The van der Waals surface area contributed by atoms with Gasteiger partial charge in [-0.1, -0.05) is 5.16 Å². The highest BCUT2D eigenvalue weighted by Crippen LogP contribution is 2.41. The molecule has 34 heavy (non-hydrogen) atoms. The highest BCUT2D eigenvalue weighted by Gasteiger charge is 2.55. The number of hydrogen-bond acceptors (Lipinski definition) is 9. The Hall–Kier alpha value is -2.06. The number of carboxylic acid groups (broad SMARTS) is 1. The second-order valence-electron chi connectivity index (χ2n) is 8.24. The van der Waals surface area contributed by atoms with Crippen molar-refractivity contribution in [3.63, 3.8) is 0 Å². The molecule has 4 heterocycles. The van der Waals surface area contributed by atoms with Crippen LogP contribution in [0.1, 0.15) is 18.5 Å². The van der Waals surface area contributed by atoms with Crippen molar-refractivity contribution in [3.05, 3.63) is 22.3 Å². The number of carbonyl (C=O) groups is 3. The summed E-state index contributed by atoms with van der Waals surface area (Å²) in [5.74, 6) is -1.71. The number of anilines is 1. The maximum absolute atomic E-state index is 12.9. The molecule has 0 aliphatic carbocycles. The van der Waals surface area contributed by atoms with Crippen molar-refractivity contribution in [1.82, 2.24) is 15.2 Å². The average Bonchev–Trinajstić information content (AvgIpc) is 3.37. The number of likely N-dealkylation sites (N-methyl/N-ethyl adjacent to an activating group) is 1. The van der Waals surface area contributed by atoms with Gasteiger partial charge in [0.15, 0.2) is 10.8 Å². The zero-order valence-corrected chi connectivity index (χ0v) is 21.6. The number of rotatable bonds is 7. The van der Waals surface area contributed by atoms with Crippen LogP contribution < -0.4 is 35.9 Å². The Morgan fingerprint density at radius 3 is 2.62 bits per heavy atom. The predicted octanol–water partition coefficient (Wildman–Crippen LogP) is -5.94. The molecule has 2 saturated heterocycles. The van der Waals surface area contributed by atoms with E-state index >= 15 is 0 Å². The van der Waals surface area contributed by atoms with Crippen LogP contribution in [0, 0.1) is 0 Å². The van der Waals surface area contributed by atoms with Gasteiger partial charge < -0.3 is 50.3 Å². The van der Waals surface area contributed by atoms with E-state index in [0.29, 0.717) is 12.3 Å². The number of likely N-dealkylation sites (tertiary alicyclic amines) is 1. The standard InChI is InChI=1S/C19H24N6O5S2.2ClH/c1-25(5-3-4-6-25)7-10-8-31-17-13(16(27)24(17)14(10)18(28)29)22-15(26)12(23-30-2)11-9-32-19(20)21-11;;/h9,13,17H,3-8H2,1-2H3,(H3-,20,21,22,26,28,29);2*1H/p-1/t13-,17-;;/m1../s1. The lowest BCUT2D eigenvalue weighted by Gasteiger charge is -2.49. The minimum Gasteiger partial charge on any atom is -1.00 e. The molecule has 11 nitrogen and oxygen atoms in total. The van der Waals surface area contributed by atoms with Crippen LogP contribution in [-0.4, -0.2) is 93.9 Å². The Bertz CT molecular complexity index is 1030.